The summed E-state index contributed by atoms with van der Waals surface area (Å²) in [5.74, 6) is 4.13. The van der Waals surface area contributed by atoms with Gasteiger partial charge in [-0.3, -0.25) is 4.79 Å². The molecule has 1 aliphatic rings. The monoisotopic (exact) mass is 348 g/mol. The number of rotatable bonds is 5. The fourth-order valence-corrected chi connectivity index (χ4v) is 3.62. The van der Waals surface area contributed by atoms with E-state index in [1.165, 1.54) is 0 Å². The molecule has 1 fully saturated rings. The summed E-state index contributed by atoms with van der Waals surface area (Å²) in [7, 11) is 2.03. The first-order chi connectivity index (χ1) is 11.6. The second-order valence-corrected chi connectivity index (χ2v) is 7.09. The number of imidazole rings is 1. The minimum atomic E-state index is 0.246. The molecule has 7 nitrogen and oxygen atoms in total. The first-order valence-corrected chi connectivity index (χ1v) is 9.62. The highest BCUT2D eigenvalue weighted by Crippen LogP contribution is 2.27. The first kappa shape index (κ1) is 17.0. The van der Waals surface area contributed by atoms with Crippen LogP contribution in [0.4, 0.5) is 0 Å². The van der Waals surface area contributed by atoms with Crippen molar-refractivity contribution in [2.75, 3.05) is 25.1 Å². The molecule has 0 unspecified atom stereocenters. The molecule has 0 aromatic carbocycles. The molecular formula is C16H24N6OS. The quantitative estimate of drug-likeness (QED) is 0.818. The Morgan fingerprint density at radius 3 is 2.71 bits per heavy atom. The third kappa shape index (κ3) is 3.48. The van der Waals surface area contributed by atoms with Crippen LogP contribution >= 0.6 is 11.8 Å². The first-order valence-electron chi connectivity index (χ1n) is 8.22. The van der Waals surface area contributed by atoms with Crippen LogP contribution in [0.5, 0.6) is 0 Å². The van der Waals surface area contributed by atoms with Gasteiger partial charge in [0.05, 0.1) is 12.3 Å². The normalized spacial score (nSPS) is 15.9. The van der Waals surface area contributed by atoms with E-state index in [2.05, 4.69) is 24.3 Å². The zero-order valence-corrected chi connectivity index (χ0v) is 15.3. The Bertz CT molecular complexity index is 701. The topological polar surface area (TPSA) is 68.8 Å². The van der Waals surface area contributed by atoms with Crippen LogP contribution in [0.3, 0.4) is 0 Å². The van der Waals surface area contributed by atoms with Crippen LogP contribution in [-0.4, -0.2) is 60.2 Å². The molecule has 1 aliphatic heterocycles. The molecule has 2 aromatic heterocycles. The maximum absolute atomic E-state index is 12.0. The minimum absolute atomic E-state index is 0.246. The number of carbonyl (C=O) groups excluding carboxylic acids is 1. The number of likely N-dealkylation sites (tertiary alicyclic amines) is 1. The van der Waals surface area contributed by atoms with Gasteiger partial charge in [0.25, 0.3) is 0 Å². The Kier molecular flexibility index (Phi) is 5.23. The molecule has 1 amide bonds. The van der Waals surface area contributed by atoms with Gasteiger partial charge in [0.1, 0.15) is 11.6 Å². The molecule has 0 bridgehead atoms. The second-order valence-electron chi connectivity index (χ2n) is 6.22. The lowest BCUT2D eigenvalue weighted by molar-refractivity contribution is -0.129. The molecule has 0 radical (unpaired) electrons. The van der Waals surface area contributed by atoms with E-state index < -0.39 is 0 Å². The number of hydrogen-bond donors (Lipinski definition) is 0. The SMILES string of the molecule is CSCC(=O)N1CCC(c2nnc(Cn3ccnc3C)n2C)CC1. The number of carbonyl (C=O) groups is 1. The van der Waals surface area contributed by atoms with E-state index in [0.717, 1.165) is 43.4 Å². The number of nitrogens with zero attached hydrogens (tertiary/aromatic N) is 6. The predicted molar refractivity (Wildman–Crippen MR) is 94.0 cm³/mol. The Hall–Kier alpha value is -1.83. The standard InChI is InChI=1S/C16H24N6OS/c1-12-17-6-9-22(12)10-14-18-19-16(20(14)2)13-4-7-21(8-5-13)15(23)11-24-3/h6,9,13H,4-5,7-8,10-11H2,1-3H3. The molecule has 130 valence electrons. The van der Waals surface area contributed by atoms with E-state index in [4.69, 9.17) is 0 Å². The van der Waals surface area contributed by atoms with Crippen molar-refractivity contribution in [3.8, 4) is 0 Å². The van der Waals surface area contributed by atoms with E-state index in [1.807, 2.05) is 31.3 Å². The zero-order chi connectivity index (χ0) is 17.1. The van der Waals surface area contributed by atoms with Gasteiger partial charge in [-0.1, -0.05) is 0 Å². The highest BCUT2D eigenvalue weighted by Gasteiger charge is 2.27. The Labute approximate surface area is 146 Å². The summed E-state index contributed by atoms with van der Waals surface area (Å²) in [6.07, 6.45) is 7.63. The Morgan fingerprint density at radius 2 is 2.08 bits per heavy atom. The Morgan fingerprint density at radius 1 is 1.33 bits per heavy atom. The van der Waals surface area contributed by atoms with Crippen molar-refractivity contribution >= 4 is 17.7 Å². The number of hydrogen-bond acceptors (Lipinski definition) is 5. The van der Waals surface area contributed by atoms with Gasteiger partial charge < -0.3 is 14.0 Å². The average Bonchev–Trinajstić information content (AvgIpc) is 3.15. The Balaban J connectivity index is 1.64. The van der Waals surface area contributed by atoms with Crippen molar-refractivity contribution in [3.63, 3.8) is 0 Å². The highest BCUT2D eigenvalue weighted by atomic mass is 32.2. The van der Waals surface area contributed by atoms with E-state index in [0.29, 0.717) is 18.2 Å². The number of aryl methyl sites for hydroxylation is 1. The van der Waals surface area contributed by atoms with Crippen LogP contribution in [0, 0.1) is 6.92 Å². The fourth-order valence-electron chi connectivity index (χ4n) is 3.19. The minimum Gasteiger partial charge on any atom is -0.342 e. The van der Waals surface area contributed by atoms with Gasteiger partial charge in [0.15, 0.2) is 5.82 Å². The van der Waals surface area contributed by atoms with E-state index in [1.54, 1.807) is 18.0 Å². The summed E-state index contributed by atoms with van der Waals surface area (Å²) >= 11 is 1.58. The van der Waals surface area contributed by atoms with Crippen molar-refractivity contribution in [1.82, 2.24) is 29.2 Å². The molecule has 0 aliphatic carbocycles. The lowest BCUT2D eigenvalue weighted by atomic mass is 9.96. The van der Waals surface area contributed by atoms with E-state index >= 15 is 0 Å². The highest BCUT2D eigenvalue weighted by molar-refractivity contribution is 7.99. The molecule has 24 heavy (non-hydrogen) atoms. The summed E-state index contributed by atoms with van der Waals surface area (Å²) in [5.41, 5.74) is 0. The lowest BCUT2D eigenvalue weighted by Crippen LogP contribution is -2.39. The number of amides is 1. The van der Waals surface area contributed by atoms with E-state index in [-0.39, 0.29) is 5.91 Å². The second kappa shape index (κ2) is 7.38. The molecular weight excluding hydrogens is 324 g/mol. The molecule has 0 N–H and O–H groups in total. The molecule has 3 heterocycles. The van der Waals surface area contributed by atoms with Crippen molar-refractivity contribution in [1.29, 1.82) is 0 Å². The summed E-state index contributed by atoms with van der Waals surface area (Å²) < 4.78 is 4.17. The summed E-state index contributed by atoms with van der Waals surface area (Å²) in [6.45, 7) is 4.29. The van der Waals surface area contributed by atoms with Crippen molar-refractivity contribution in [3.05, 3.63) is 29.9 Å². The summed E-state index contributed by atoms with van der Waals surface area (Å²) in [4.78, 5) is 18.2. The molecule has 3 rings (SSSR count). The van der Waals surface area contributed by atoms with Crippen LogP contribution in [0.1, 0.15) is 36.2 Å². The predicted octanol–water partition coefficient (Wildman–Crippen LogP) is 1.44. The average molecular weight is 348 g/mol. The maximum atomic E-state index is 12.0. The molecule has 2 aromatic rings. The van der Waals surface area contributed by atoms with Crippen LogP contribution < -0.4 is 0 Å². The number of piperidine rings is 1. The molecule has 0 spiro atoms. The van der Waals surface area contributed by atoms with Gasteiger partial charge in [-0.25, -0.2) is 4.98 Å². The van der Waals surface area contributed by atoms with E-state index in [9.17, 15) is 4.79 Å². The fraction of sp³-hybridized carbons (Fsp3) is 0.625. The van der Waals surface area contributed by atoms with Gasteiger partial charge in [-0.05, 0) is 26.0 Å². The van der Waals surface area contributed by atoms with Gasteiger partial charge in [-0.2, -0.15) is 11.8 Å². The zero-order valence-electron chi connectivity index (χ0n) is 14.5. The summed E-state index contributed by atoms with van der Waals surface area (Å²) in [5, 5.41) is 8.80. The van der Waals surface area contributed by atoms with Crippen LogP contribution in [-0.2, 0) is 18.4 Å². The smallest absolute Gasteiger partial charge is 0.232 e. The number of thioether (sulfide) groups is 1. The van der Waals surface area contributed by atoms with Gasteiger partial charge in [0, 0.05) is 38.4 Å². The number of aromatic nitrogens is 5. The molecule has 1 saturated heterocycles. The maximum Gasteiger partial charge on any atom is 0.232 e. The van der Waals surface area contributed by atoms with Crippen LogP contribution in [0.15, 0.2) is 12.4 Å². The molecule has 0 atom stereocenters. The molecule has 8 heteroatoms. The lowest BCUT2D eigenvalue weighted by Gasteiger charge is -2.31. The third-order valence-corrected chi connectivity index (χ3v) is 5.25. The largest absolute Gasteiger partial charge is 0.342 e. The third-order valence-electron chi connectivity index (χ3n) is 4.71. The summed E-state index contributed by atoms with van der Waals surface area (Å²) in [6, 6.07) is 0. The molecule has 0 saturated carbocycles. The van der Waals surface area contributed by atoms with Crippen LogP contribution in [0.25, 0.3) is 0 Å². The van der Waals surface area contributed by atoms with Crippen molar-refractivity contribution in [2.24, 2.45) is 7.05 Å². The van der Waals surface area contributed by atoms with Gasteiger partial charge >= 0.3 is 0 Å². The van der Waals surface area contributed by atoms with Crippen molar-refractivity contribution < 1.29 is 4.79 Å². The van der Waals surface area contributed by atoms with Gasteiger partial charge in [0.2, 0.25) is 5.91 Å². The van der Waals surface area contributed by atoms with Crippen molar-refractivity contribution in [2.45, 2.75) is 32.2 Å². The van der Waals surface area contributed by atoms with Gasteiger partial charge in [-0.15, -0.1) is 10.2 Å². The van der Waals surface area contributed by atoms with Crippen LogP contribution in [0.2, 0.25) is 0 Å².